The highest BCUT2D eigenvalue weighted by Gasteiger charge is 2.19. The summed E-state index contributed by atoms with van der Waals surface area (Å²) >= 11 is 3.46. The Morgan fingerprint density at radius 1 is 1.28 bits per heavy atom. The maximum absolute atomic E-state index is 4.35. The lowest BCUT2D eigenvalue weighted by Crippen LogP contribution is -2.19. The molecule has 0 fully saturated rings. The number of aromatic nitrogens is 3. The van der Waals surface area contributed by atoms with E-state index in [1.807, 2.05) is 0 Å². The molecule has 0 bridgehead atoms. The first-order valence-corrected chi connectivity index (χ1v) is 7.17. The van der Waals surface area contributed by atoms with E-state index < -0.39 is 0 Å². The molecule has 3 nitrogen and oxygen atoms in total. The highest BCUT2D eigenvalue weighted by molar-refractivity contribution is 9.10. The molecule has 1 aromatic carbocycles. The first-order chi connectivity index (χ1) is 8.72. The van der Waals surface area contributed by atoms with Crippen molar-refractivity contribution in [2.24, 2.45) is 5.92 Å². The smallest absolute Gasteiger partial charge is 0.137 e. The van der Waals surface area contributed by atoms with E-state index >= 15 is 0 Å². The van der Waals surface area contributed by atoms with Gasteiger partial charge in [0.15, 0.2) is 0 Å². The van der Waals surface area contributed by atoms with Crippen LogP contribution in [0.5, 0.6) is 0 Å². The zero-order valence-corrected chi connectivity index (χ0v) is 12.0. The molecule has 2 aromatic rings. The van der Waals surface area contributed by atoms with Crippen molar-refractivity contribution >= 4 is 15.9 Å². The molecule has 3 rings (SSSR count). The second kappa shape index (κ2) is 4.84. The van der Waals surface area contributed by atoms with Gasteiger partial charge in [-0.05, 0) is 30.0 Å². The second-order valence-electron chi connectivity index (χ2n) is 5.09. The van der Waals surface area contributed by atoms with Crippen molar-refractivity contribution in [3.63, 3.8) is 0 Å². The van der Waals surface area contributed by atoms with Crippen LogP contribution in [0.4, 0.5) is 0 Å². The van der Waals surface area contributed by atoms with E-state index in [2.05, 4.69) is 61.9 Å². The number of rotatable bonds is 2. The predicted molar refractivity (Wildman–Crippen MR) is 74.5 cm³/mol. The maximum Gasteiger partial charge on any atom is 0.137 e. The predicted octanol–water partition coefficient (Wildman–Crippen LogP) is 3.21. The Morgan fingerprint density at radius 3 is 2.83 bits per heavy atom. The Labute approximate surface area is 115 Å². The number of hydrogen-bond acceptors (Lipinski definition) is 2. The summed E-state index contributed by atoms with van der Waals surface area (Å²) in [6, 6.07) is 8.42. The van der Waals surface area contributed by atoms with Gasteiger partial charge in [-0.25, -0.2) is 0 Å². The Kier molecular flexibility index (Phi) is 3.20. The Balaban J connectivity index is 1.83. The minimum Gasteiger partial charge on any atom is -0.315 e. The molecule has 0 spiro atoms. The van der Waals surface area contributed by atoms with Gasteiger partial charge in [0.1, 0.15) is 11.6 Å². The average Bonchev–Trinajstić information content (AvgIpc) is 2.74. The quantitative estimate of drug-likeness (QED) is 0.853. The molecule has 1 aromatic heterocycles. The van der Waals surface area contributed by atoms with Crippen LogP contribution in [0.3, 0.4) is 0 Å². The lowest BCUT2D eigenvalue weighted by atomic mass is 10.00. The van der Waals surface area contributed by atoms with Crippen molar-refractivity contribution in [3.05, 3.63) is 46.0 Å². The topological polar surface area (TPSA) is 30.7 Å². The standard InChI is InChI=1S/C14H16BrN3/c1-10-6-7-18-13(8-10)16-17-14(18)9-11-2-4-12(15)5-3-11/h2-5,10H,6-9H2,1H3. The Bertz CT molecular complexity index is 545. The average molecular weight is 306 g/mol. The number of nitrogens with zero attached hydrogens (tertiary/aromatic N) is 3. The van der Waals surface area contributed by atoms with Crippen LogP contribution < -0.4 is 0 Å². The summed E-state index contributed by atoms with van der Waals surface area (Å²) in [4.78, 5) is 0. The van der Waals surface area contributed by atoms with Gasteiger partial charge in [-0.3, -0.25) is 0 Å². The van der Waals surface area contributed by atoms with E-state index in [1.165, 1.54) is 12.0 Å². The number of halogens is 1. The van der Waals surface area contributed by atoms with Crippen LogP contribution in [-0.2, 0) is 19.4 Å². The van der Waals surface area contributed by atoms with Gasteiger partial charge in [0.25, 0.3) is 0 Å². The van der Waals surface area contributed by atoms with Gasteiger partial charge in [0, 0.05) is 23.9 Å². The molecule has 0 aliphatic carbocycles. The second-order valence-corrected chi connectivity index (χ2v) is 6.00. The first-order valence-electron chi connectivity index (χ1n) is 6.38. The van der Waals surface area contributed by atoms with Gasteiger partial charge in [0.05, 0.1) is 0 Å². The van der Waals surface area contributed by atoms with Crippen molar-refractivity contribution in [2.75, 3.05) is 0 Å². The van der Waals surface area contributed by atoms with Crippen molar-refractivity contribution in [3.8, 4) is 0 Å². The molecule has 0 radical (unpaired) electrons. The van der Waals surface area contributed by atoms with E-state index in [-0.39, 0.29) is 0 Å². The lowest BCUT2D eigenvalue weighted by molar-refractivity contribution is 0.404. The van der Waals surface area contributed by atoms with E-state index in [4.69, 9.17) is 0 Å². The monoisotopic (exact) mass is 305 g/mol. The largest absolute Gasteiger partial charge is 0.315 e. The van der Waals surface area contributed by atoms with E-state index in [1.54, 1.807) is 0 Å². The third-order valence-electron chi connectivity index (χ3n) is 3.56. The van der Waals surface area contributed by atoms with Crippen LogP contribution in [-0.4, -0.2) is 14.8 Å². The highest BCUT2D eigenvalue weighted by Crippen LogP contribution is 2.21. The Morgan fingerprint density at radius 2 is 2.06 bits per heavy atom. The fraction of sp³-hybridized carbons (Fsp3) is 0.429. The molecule has 1 aliphatic heterocycles. The SMILES string of the molecule is CC1CCn2c(Cc3ccc(Br)cc3)nnc2C1. The summed E-state index contributed by atoms with van der Waals surface area (Å²) in [5.41, 5.74) is 1.28. The molecule has 1 aliphatic rings. The maximum atomic E-state index is 4.35. The molecular formula is C14H16BrN3. The normalized spacial score (nSPS) is 18.7. The molecule has 0 amide bonds. The molecule has 2 heterocycles. The lowest BCUT2D eigenvalue weighted by Gasteiger charge is -2.20. The summed E-state index contributed by atoms with van der Waals surface area (Å²) in [5.74, 6) is 2.99. The molecule has 4 heteroatoms. The van der Waals surface area contributed by atoms with Gasteiger partial charge in [-0.2, -0.15) is 0 Å². The fourth-order valence-corrected chi connectivity index (χ4v) is 2.72. The number of hydrogen-bond donors (Lipinski definition) is 0. The molecule has 0 saturated carbocycles. The van der Waals surface area contributed by atoms with Crippen LogP contribution >= 0.6 is 15.9 Å². The molecule has 1 atom stereocenters. The fourth-order valence-electron chi connectivity index (χ4n) is 2.46. The zero-order chi connectivity index (χ0) is 12.5. The summed E-state index contributed by atoms with van der Waals surface area (Å²) in [6.07, 6.45) is 3.17. The van der Waals surface area contributed by atoms with Crippen LogP contribution in [0, 0.1) is 5.92 Å². The molecule has 1 unspecified atom stereocenters. The highest BCUT2D eigenvalue weighted by atomic mass is 79.9. The van der Waals surface area contributed by atoms with Gasteiger partial charge >= 0.3 is 0 Å². The zero-order valence-electron chi connectivity index (χ0n) is 10.4. The summed E-state index contributed by atoms with van der Waals surface area (Å²) in [5, 5.41) is 8.68. The van der Waals surface area contributed by atoms with E-state index in [0.29, 0.717) is 0 Å². The van der Waals surface area contributed by atoms with Crippen LogP contribution in [0.1, 0.15) is 30.6 Å². The van der Waals surface area contributed by atoms with Gasteiger partial charge in [0.2, 0.25) is 0 Å². The molecule has 0 N–H and O–H groups in total. The van der Waals surface area contributed by atoms with Gasteiger partial charge < -0.3 is 4.57 Å². The molecular weight excluding hydrogens is 290 g/mol. The third-order valence-corrected chi connectivity index (χ3v) is 4.08. The van der Waals surface area contributed by atoms with Crippen molar-refractivity contribution < 1.29 is 0 Å². The van der Waals surface area contributed by atoms with E-state index in [9.17, 15) is 0 Å². The van der Waals surface area contributed by atoms with Crippen LogP contribution in [0.2, 0.25) is 0 Å². The third kappa shape index (κ3) is 2.34. The Hall–Kier alpha value is -1.16. The van der Waals surface area contributed by atoms with Crippen molar-refractivity contribution in [2.45, 2.75) is 32.7 Å². The van der Waals surface area contributed by atoms with Crippen molar-refractivity contribution in [1.29, 1.82) is 0 Å². The first kappa shape index (κ1) is 11.9. The minimum atomic E-state index is 0.738. The molecule has 94 valence electrons. The van der Waals surface area contributed by atoms with Crippen molar-refractivity contribution in [1.82, 2.24) is 14.8 Å². The molecule has 18 heavy (non-hydrogen) atoms. The summed E-state index contributed by atoms with van der Waals surface area (Å²) in [7, 11) is 0. The minimum absolute atomic E-state index is 0.738. The van der Waals surface area contributed by atoms with Crippen LogP contribution in [0.15, 0.2) is 28.7 Å². The number of benzene rings is 1. The number of fused-ring (bicyclic) bond motifs is 1. The van der Waals surface area contributed by atoms with Gasteiger partial charge in [-0.1, -0.05) is 35.0 Å². The van der Waals surface area contributed by atoms with E-state index in [0.717, 1.165) is 41.4 Å². The van der Waals surface area contributed by atoms with Crippen LogP contribution in [0.25, 0.3) is 0 Å². The summed E-state index contributed by atoms with van der Waals surface area (Å²) < 4.78 is 3.41. The van der Waals surface area contributed by atoms with Gasteiger partial charge in [-0.15, -0.1) is 10.2 Å². The summed E-state index contributed by atoms with van der Waals surface area (Å²) in [6.45, 7) is 3.35. The molecule has 0 saturated heterocycles.